The zero-order chi connectivity index (χ0) is 16.0. The van der Waals surface area contributed by atoms with Crippen LogP contribution in [0.15, 0.2) is 24.8 Å². The van der Waals surface area contributed by atoms with Crippen molar-refractivity contribution in [1.29, 1.82) is 0 Å². The van der Waals surface area contributed by atoms with Crippen molar-refractivity contribution in [2.45, 2.75) is 65.4 Å². The van der Waals surface area contributed by atoms with Crippen LogP contribution >= 0.6 is 0 Å². The Labute approximate surface area is 122 Å². The lowest BCUT2D eigenvalue weighted by Crippen LogP contribution is -2.22. The van der Waals surface area contributed by atoms with E-state index in [0.717, 1.165) is 31.8 Å². The molecule has 0 aliphatic rings. The molecule has 0 aromatic heterocycles. The zero-order valence-electron chi connectivity index (χ0n) is 13.1. The highest BCUT2D eigenvalue weighted by Crippen LogP contribution is 2.06. The van der Waals surface area contributed by atoms with Crippen LogP contribution in [-0.2, 0) is 14.3 Å². The third-order valence-corrected chi connectivity index (χ3v) is 2.07. The maximum atomic E-state index is 10.5. The Morgan fingerprint density at radius 2 is 1.80 bits per heavy atom. The third-order valence-electron chi connectivity index (χ3n) is 2.07. The molecule has 0 bridgehead atoms. The van der Waals surface area contributed by atoms with E-state index in [9.17, 15) is 9.59 Å². The molecule has 0 fully saturated rings. The second kappa shape index (κ2) is 12.5. The van der Waals surface area contributed by atoms with E-state index in [1.54, 1.807) is 0 Å². The Morgan fingerprint density at radius 1 is 1.20 bits per heavy atom. The number of carboxylic acid groups (broad SMARTS) is 1. The molecule has 1 N–H and O–H groups in total. The fourth-order valence-corrected chi connectivity index (χ4v) is 1.23. The number of carboxylic acids is 1. The molecule has 0 amide bonds. The van der Waals surface area contributed by atoms with Crippen LogP contribution in [0, 0.1) is 0 Å². The van der Waals surface area contributed by atoms with Crippen molar-refractivity contribution in [1.82, 2.24) is 0 Å². The first kappa shape index (κ1) is 20.7. The lowest BCUT2D eigenvalue weighted by Gasteiger charge is -2.17. The van der Waals surface area contributed by atoms with Gasteiger partial charge in [-0.3, -0.25) is 4.79 Å². The molecule has 0 atom stereocenters. The van der Waals surface area contributed by atoms with Crippen molar-refractivity contribution < 1.29 is 19.4 Å². The number of allylic oxidation sites excluding steroid dienone is 2. The van der Waals surface area contributed by atoms with Gasteiger partial charge in [0.25, 0.3) is 0 Å². The minimum absolute atomic E-state index is 0.315. The van der Waals surface area contributed by atoms with E-state index in [-0.39, 0.29) is 5.97 Å². The van der Waals surface area contributed by atoms with E-state index >= 15 is 0 Å². The van der Waals surface area contributed by atoms with Gasteiger partial charge in [0.15, 0.2) is 0 Å². The highest BCUT2D eigenvalue weighted by atomic mass is 16.6. The quantitative estimate of drug-likeness (QED) is 0.331. The van der Waals surface area contributed by atoms with E-state index in [0.29, 0.717) is 6.42 Å². The van der Waals surface area contributed by atoms with E-state index < -0.39 is 11.6 Å². The van der Waals surface area contributed by atoms with Crippen molar-refractivity contribution in [2.75, 3.05) is 0 Å². The fraction of sp³-hybridized carbons (Fsp3) is 0.625. The van der Waals surface area contributed by atoms with Gasteiger partial charge in [-0.15, -0.1) is 0 Å². The number of hydrogen-bond acceptors (Lipinski definition) is 3. The van der Waals surface area contributed by atoms with E-state index in [1.165, 1.54) is 0 Å². The summed E-state index contributed by atoms with van der Waals surface area (Å²) in [5.41, 5.74) is -0.398. The summed E-state index contributed by atoms with van der Waals surface area (Å²) < 4.78 is 4.83. The lowest BCUT2D eigenvalue weighted by molar-refractivity contribution is -0.148. The van der Waals surface area contributed by atoms with Gasteiger partial charge in [0, 0.05) is 12.5 Å². The van der Waals surface area contributed by atoms with E-state index in [4.69, 9.17) is 9.84 Å². The Bertz CT molecular complexity index is 311. The Hall–Kier alpha value is -1.58. The highest BCUT2D eigenvalue weighted by Gasteiger charge is 2.12. The van der Waals surface area contributed by atoms with Gasteiger partial charge < -0.3 is 9.84 Å². The van der Waals surface area contributed by atoms with Crippen LogP contribution < -0.4 is 0 Å². The van der Waals surface area contributed by atoms with E-state index in [2.05, 4.69) is 12.7 Å². The fourth-order valence-electron chi connectivity index (χ4n) is 1.23. The molecule has 0 aliphatic carbocycles. The summed E-state index contributed by atoms with van der Waals surface area (Å²) in [5, 5.41) is 8.30. The zero-order valence-corrected chi connectivity index (χ0v) is 13.1. The monoisotopic (exact) mass is 284 g/mol. The molecule has 0 unspecified atom stereocenters. The summed E-state index contributed by atoms with van der Waals surface area (Å²) >= 11 is 0. The summed E-state index contributed by atoms with van der Waals surface area (Å²) in [7, 11) is 0. The van der Waals surface area contributed by atoms with Gasteiger partial charge in [-0.1, -0.05) is 25.2 Å². The number of unbranched alkanes of at least 4 members (excludes halogenated alkanes) is 3. The molecule has 0 spiro atoms. The molecule has 0 aliphatic heterocycles. The first-order chi connectivity index (χ1) is 9.22. The second-order valence-electron chi connectivity index (χ2n) is 5.30. The van der Waals surface area contributed by atoms with Crippen LogP contribution in [0.5, 0.6) is 0 Å². The smallest absolute Gasteiger partial charge is 0.330 e. The van der Waals surface area contributed by atoms with Crippen LogP contribution in [0.25, 0.3) is 0 Å². The number of hydrogen-bond donors (Lipinski definition) is 1. The van der Waals surface area contributed by atoms with E-state index in [1.807, 2.05) is 33.8 Å². The van der Waals surface area contributed by atoms with Gasteiger partial charge in [-0.2, -0.15) is 0 Å². The average molecular weight is 284 g/mol. The van der Waals surface area contributed by atoms with Crippen molar-refractivity contribution >= 4 is 11.9 Å². The number of esters is 1. The Kier molecular flexibility index (Phi) is 12.9. The molecule has 4 nitrogen and oxygen atoms in total. The number of ether oxygens (including phenoxy) is 1. The second-order valence-corrected chi connectivity index (χ2v) is 5.30. The topological polar surface area (TPSA) is 63.6 Å². The van der Waals surface area contributed by atoms with Gasteiger partial charge in [0.05, 0.1) is 0 Å². The molecule has 116 valence electrons. The van der Waals surface area contributed by atoms with Crippen LogP contribution in [0.4, 0.5) is 0 Å². The molecule has 20 heavy (non-hydrogen) atoms. The molecule has 0 saturated heterocycles. The van der Waals surface area contributed by atoms with Gasteiger partial charge in [-0.05, 0) is 47.0 Å². The normalized spacial score (nSPS) is 10.6. The SMILES string of the molecule is C=CC(=O)OC(C)(C)C.CC=CCCCCCC(=O)O. The Balaban J connectivity index is 0. The predicted molar refractivity (Wildman–Crippen MR) is 81.6 cm³/mol. The van der Waals surface area contributed by atoms with Gasteiger partial charge in [-0.25, -0.2) is 4.79 Å². The molecule has 0 saturated carbocycles. The molecule has 0 aromatic carbocycles. The molecular formula is C16H28O4. The summed E-state index contributed by atoms with van der Waals surface area (Å²) in [4.78, 5) is 20.6. The summed E-state index contributed by atoms with van der Waals surface area (Å²) in [6.45, 7) is 10.7. The van der Waals surface area contributed by atoms with Crippen molar-refractivity contribution in [2.24, 2.45) is 0 Å². The molecular weight excluding hydrogens is 256 g/mol. The third kappa shape index (κ3) is 21.7. The first-order valence-electron chi connectivity index (χ1n) is 6.91. The minimum Gasteiger partial charge on any atom is -0.481 e. The largest absolute Gasteiger partial charge is 0.481 e. The van der Waals surface area contributed by atoms with Gasteiger partial charge in [0.1, 0.15) is 5.60 Å². The highest BCUT2D eigenvalue weighted by molar-refractivity contribution is 5.81. The summed E-state index contributed by atoms with van der Waals surface area (Å²) in [5.74, 6) is -1.06. The molecule has 0 heterocycles. The Morgan fingerprint density at radius 3 is 2.15 bits per heavy atom. The molecule has 0 radical (unpaired) electrons. The van der Waals surface area contributed by atoms with Crippen LogP contribution in [0.2, 0.25) is 0 Å². The maximum absolute atomic E-state index is 10.5. The van der Waals surface area contributed by atoms with Crippen LogP contribution in [0.1, 0.15) is 59.8 Å². The standard InChI is InChI=1S/C9H16O2.C7H12O2/c1-2-3-4-5-6-7-8-9(10)11;1-5-6(8)9-7(2,3)4/h2-3H,4-8H2,1H3,(H,10,11);5H,1H2,2-4H3. The molecule has 4 heteroatoms. The maximum Gasteiger partial charge on any atom is 0.330 e. The predicted octanol–water partition coefficient (Wildman–Crippen LogP) is 4.11. The van der Waals surface area contributed by atoms with Crippen molar-refractivity contribution in [3.05, 3.63) is 24.8 Å². The minimum atomic E-state index is -0.684. The molecule has 0 aromatic rings. The lowest BCUT2D eigenvalue weighted by atomic mass is 10.1. The summed E-state index contributed by atoms with van der Waals surface area (Å²) in [6.07, 6.45) is 9.64. The first-order valence-corrected chi connectivity index (χ1v) is 6.91. The average Bonchev–Trinajstić information content (AvgIpc) is 2.32. The van der Waals surface area contributed by atoms with Crippen molar-refractivity contribution in [3.63, 3.8) is 0 Å². The number of rotatable bonds is 7. The van der Waals surface area contributed by atoms with Crippen LogP contribution in [0.3, 0.4) is 0 Å². The van der Waals surface area contributed by atoms with Gasteiger partial charge >= 0.3 is 11.9 Å². The van der Waals surface area contributed by atoms with Crippen molar-refractivity contribution in [3.8, 4) is 0 Å². The van der Waals surface area contributed by atoms with Gasteiger partial charge in [0.2, 0.25) is 0 Å². The van der Waals surface area contributed by atoms with Crippen LogP contribution in [-0.4, -0.2) is 22.6 Å². The number of carbonyl (C=O) groups excluding carboxylic acids is 1. The number of carbonyl (C=O) groups is 2. The molecule has 0 rings (SSSR count). The summed E-state index contributed by atoms with van der Waals surface area (Å²) in [6, 6.07) is 0. The number of aliphatic carboxylic acids is 1.